The number of benzene rings is 3. The zero-order chi connectivity index (χ0) is 20.9. The Kier molecular flexibility index (Phi) is 6.34. The van der Waals surface area contributed by atoms with Crippen LogP contribution in [-0.4, -0.2) is 20.9 Å². The number of aryl methyl sites for hydroxylation is 1. The highest BCUT2D eigenvalue weighted by Gasteiger charge is 2.16. The summed E-state index contributed by atoms with van der Waals surface area (Å²) in [7, 11) is -3.72. The van der Waals surface area contributed by atoms with Gasteiger partial charge >= 0.3 is 0 Å². The molecule has 29 heavy (non-hydrogen) atoms. The Bertz CT molecular complexity index is 1080. The number of nitrogens with one attached hydrogen (secondary N) is 2. The molecule has 0 saturated heterocycles. The van der Waals surface area contributed by atoms with Crippen LogP contribution in [0.5, 0.6) is 0 Å². The van der Waals surface area contributed by atoms with Gasteiger partial charge in [-0.1, -0.05) is 55.5 Å². The van der Waals surface area contributed by atoms with Crippen LogP contribution in [0.2, 0.25) is 0 Å². The van der Waals surface area contributed by atoms with Crippen LogP contribution in [0, 0.1) is 6.92 Å². The zero-order valence-electron chi connectivity index (χ0n) is 16.4. The first-order valence-electron chi connectivity index (χ1n) is 9.38. The molecule has 150 valence electrons. The summed E-state index contributed by atoms with van der Waals surface area (Å²) in [6.07, 6.45) is 0. The first kappa shape index (κ1) is 20.6. The number of hydrogen-bond acceptors (Lipinski definition) is 3. The van der Waals surface area contributed by atoms with E-state index in [-0.39, 0.29) is 16.7 Å². The Balaban J connectivity index is 1.64. The van der Waals surface area contributed by atoms with Crippen LogP contribution in [0.4, 0.5) is 5.69 Å². The highest BCUT2D eigenvalue weighted by molar-refractivity contribution is 7.92. The Morgan fingerprint density at radius 3 is 2.17 bits per heavy atom. The van der Waals surface area contributed by atoms with E-state index in [1.165, 1.54) is 24.3 Å². The molecule has 0 aliphatic heterocycles. The quantitative estimate of drug-likeness (QED) is 0.611. The van der Waals surface area contributed by atoms with E-state index in [2.05, 4.69) is 10.0 Å². The third-order valence-electron chi connectivity index (χ3n) is 4.75. The van der Waals surface area contributed by atoms with Gasteiger partial charge in [0.2, 0.25) is 0 Å². The van der Waals surface area contributed by atoms with Crippen LogP contribution >= 0.6 is 0 Å². The first-order valence-corrected chi connectivity index (χ1v) is 10.9. The van der Waals surface area contributed by atoms with Crippen molar-refractivity contribution in [3.05, 3.63) is 95.6 Å². The highest BCUT2D eigenvalue weighted by Crippen LogP contribution is 2.20. The number of rotatable bonds is 7. The molecule has 0 spiro atoms. The third-order valence-corrected chi connectivity index (χ3v) is 6.14. The van der Waals surface area contributed by atoms with Gasteiger partial charge in [-0.05, 0) is 54.3 Å². The van der Waals surface area contributed by atoms with E-state index in [1.807, 2.05) is 56.3 Å². The van der Waals surface area contributed by atoms with Gasteiger partial charge in [0.1, 0.15) is 0 Å². The average Bonchev–Trinajstić information content (AvgIpc) is 2.74. The van der Waals surface area contributed by atoms with Gasteiger partial charge in [0, 0.05) is 12.1 Å². The van der Waals surface area contributed by atoms with Crippen molar-refractivity contribution in [2.45, 2.75) is 24.7 Å². The largest absolute Gasteiger partial charge is 0.351 e. The minimum Gasteiger partial charge on any atom is -0.351 e. The van der Waals surface area contributed by atoms with Crippen molar-refractivity contribution in [3.8, 4) is 0 Å². The van der Waals surface area contributed by atoms with Crippen molar-refractivity contribution < 1.29 is 13.2 Å². The second-order valence-corrected chi connectivity index (χ2v) is 8.65. The lowest BCUT2D eigenvalue weighted by Crippen LogP contribution is -2.27. The standard InChI is InChI=1S/C23H24N2O3S/c1-17-8-6-7-11-22(17)25-29(27,28)21-14-12-20(13-15-21)23(26)24-16-18(2)19-9-4-3-5-10-19/h3-15,18,25H,16H2,1-2H3,(H,24,26)/t18-/m0/s1. The van der Waals surface area contributed by atoms with Gasteiger partial charge in [0.15, 0.2) is 0 Å². The fraction of sp³-hybridized carbons (Fsp3) is 0.174. The van der Waals surface area contributed by atoms with Gasteiger partial charge in [0.25, 0.3) is 15.9 Å². The van der Waals surface area contributed by atoms with Gasteiger partial charge in [-0.3, -0.25) is 9.52 Å². The molecule has 3 rings (SSSR count). The van der Waals surface area contributed by atoms with Crippen molar-refractivity contribution in [1.82, 2.24) is 5.32 Å². The molecule has 3 aromatic rings. The van der Waals surface area contributed by atoms with Crippen LogP contribution < -0.4 is 10.0 Å². The minimum atomic E-state index is -3.72. The monoisotopic (exact) mass is 408 g/mol. The Morgan fingerprint density at radius 1 is 0.897 bits per heavy atom. The first-order chi connectivity index (χ1) is 13.9. The molecule has 0 aliphatic rings. The summed E-state index contributed by atoms with van der Waals surface area (Å²) >= 11 is 0. The summed E-state index contributed by atoms with van der Waals surface area (Å²) in [6, 6.07) is 23.0. The number of carbonyl (C=O) groups is 1. The van der Waals surface area contributed by atoms with Crippen LogP contribution in [0.25, 0.3) is 0 Å². The number of sulfonamides is 1. The number of carbonyl (C=O) groups excluding carboxylic acids is 1. The van der Waals surface area contributed by atoms with E-state index in [0.717, 1.165) is 11.1 Å². The van der Waals surface area contributed by atoms with Gasteiger partial charge < -0.3 is 5.32 Å². The molecular weight excluding hydrogens is 384 g/mol. The van der Waals surface area contributed by atoms with Crippen molar-refractivity contribution in [3.63, 3.8) is 0 Å². The molecule has 5 nitrogen and oxygen atoms in total. The molecule has 0 heterocycles. The zero-order valence-corrected chi connectivity index (χ0v) is 17.2. The van der Waals surface area contributed by atoms with E-state index >= 15 is 0 Å². The Hall–Kier alpha value is -3.12. The molecule has 1 amide bonds. The van der Waals surface area contributed by atoms with Crippen LogP contribution in [-0.2, 0) is 10.0 Å². The summed E-state index contributed by atoms with van der Waals surface area (Å²) in [4.78, 5) is 12.5. The molecule has 0 aromatic heterocycles. The fourth-order valence-electron chi connectivity index (χ4n) is 2.92. The van der Waals surface area contributed by atoms with E-state index < -0.39 is 10.0 Å². The maximum Gasteiger partial charge on any atom is 0.261 e. The molecule has 3 aromatic carbocycles. The van der Waals surface area contributed by atoms with Gasteiger partial charge in [-0.2, -0.15) is 0 Å². The molecule has 6 heteroatoms. The molecule has 0 bridgehead atoms. The van der Waals surface area contributed by atoms with E-state index in [4.69, 9.17) is 0 Å². The molecular formula is C23H24N2O3S. The molecule has 0 fully saturated rings. The lowest BCUT2D eigenvalue weighted by atomic mass is 10.0. The smallest absolute Gasteiger partial charge is 0.261 e. The highest BCUT2D eigenvalue weighted by atomic mass is 32.2. The minimum absolute atomic E-state index is 0.106. The van der Waals surface area contributed by atoms with E-state index in [0.29, 0.717) is 17.8 Å². The van der Waals surface area contributed by atoms with Crippen molar-refractivity contribution in [2.24, 2.45) is 0 Å². The number of hydrogen-bond donors (Lipinski definition) is 2. The Labute approximate surface area is 171 Å². The normalized spacial score (nSPS) is 12.2. The van der Waals surface area contributed by atoms with Crippen LogP contribution in [0.15, 0.2) is 83.8 Å². The molecule has 0 saturated carbocycles. The van der Waals surface area contributed by atoms with Gasteiger partial charge in [0.05, 0.1) is 10.6 Å². The van der Waals surface area contributed by atoms with Crippen molar-refractivity contribution >= 4 is 21.6 Å². The van der Waals surface area contributed by atoms with Gasteiger partial charge in [-0.25, -0.2) is 8.42 Å². The molecule has 0 radical (unpaired) electrons. The summed E-state index contributed by atoms with van der Waals surface area (Å²) in [5.41, 5.74) is 2.93. The van der Waals surface area contributed by atoms with E-state index in [9.17, 15) is 13.2 Å². The molecule has 2 N–H and O–H groups in total. The molecule has 0 aliphatic carbocycles. The SMILES string of the molecule is Cc1ccccc1NS(=O)(=O)c1ccc(C(=O)NC[C@H](C)c2ccccc2)cc1. The van der Waals surface area contributed by atoms with Crippen molar-refractivity contribution in [1.29, 1.82) is 0 Å². The average molecular weight is 409 g/mol. The Morgan fingerprint density at radius 2 is 1.52 bits per heavy atom. The maximum absolute atomic E-state index is 12.6. The summed E-state index contributed by atoms with van der Waals surface area (Å²) in [6.45, 7) is 4.38. The van der Waals surface area contributed by atoms with Crippen molar-refractivity contribution in [2.75, 3.05) is 11.3 Å². The second kappa shape index (κ2) is 8.92. The summed E-state index contributed by atoms with van der Waals surface area (Å²) in [5.74, 6) is -0.0540. The predicted molar refractivity (Wildman–Crippen MR) is 116 cm³/mol. The summed E-state index contributed by atoms with van der Waals surface area (Å²) < 4.78 is 27.8. The third kappa shape index (κ3) is 5.23. The second-order valence-electron chi connectivity index (χ2n) is 6.97. The number of amides is 1. The lowest BCUT2D eigenvalue weighted by Gasteiger charge is -2.13. The predicted octanol–water partition coefficient (Wildman–Crippen LogP) is 4.33. The van der Waals surface area contributed by atoms with Crippen LogP contribution in [0.3, 0.4) is 0 Å². The number of anilines is 1. The maximum atomic E-state index is 12.6. The molecule has 0 unspecified atom stereocenters. The van der Waals surface area contributed by atoms with Crippen LogP contribution in [0.1, 0.15) is 34.3 Å². The number of para-hydroxylation sites is 1. The summed E-state index contributed by atoms with van der Waals surface area (Å²) in [5, 5.41) is 2.90. The fourth-order valence-corrected chi connectivity index (χ4v) is 4.05. The molecule has 1 atom stereocenters. The lowest BCUT2D eigenvalue weighted by molar-refractivity contribution is 0.0951. The van der Waals surface area contributed by atoms with E-state index in [1.54, 1.807) is 12.1 Å². The topological polar surface area (TPSA) is 75.3 Å². The van der Waals surface area contributed by atoms with Gasteiger partial charge in [-0.15, -0.1) is 0 Å².